The lowest BCUT2D eigenvalue weighted by atomic mass is 10.1. The first kappa shape index (κ1) is 19.9. The summed E-state index contributed by atoms with van der Waals surface area (Å²) in [5.74, 6) is 0.629. The first-order chi connectivity index (χ1) is 14.2. The number of hydrogen-bond acceptors (Lipinski definition) is 5. The van der Waals surface area contributed by atoms with E-state index in [1.165, 1.54) is 11.8 Å². The highest BCUT2D eigenvalue weighted by molar-refractivity contribution is 8.01. The van der Waals surface area contributed by atoms with Gasteiger partial charge in [-0.05, 0) is 43.0 Å². The number of aromatic nitrogens is 1. The van der Waals surface area contributed by atoms with Crippen molar-refractivity contribution in [1.29, 1.82) is 0 Å². The highest BCUT2D eigenvalue weighted by Crippen LogP contribution is 2.31. The molecule has 1 N–H and O–H groups in total. The predicted molar refractivity (Wildman–Crippen MR) is 120 cm³/mol. The molecular formula is C22H23N3O2S2. The zero-order valence-electron chi connectivity index (χ0n) is 16.1. The number of carbonyl (C=O) groups is 2. The number of rotatable bonds is 7. The van der Waals surface area contributed by atoms with Gasteiger partial charge in [0.2, 0.25) is 11.8 Å². The van der Waals surface area contributed by atoms with Crippen LogP contribution >= 0.6 is 23.1 Å². The summed E-state index contributed by atoms with van der Waals surface area (Å²) >= 11 is 3.06. The average Bonchev–Trinajstić information content (AvgIpc) is 3.41. The minimum Gasteiger partial charge on any atom is -0.342 e. The fourth-order valence-electron chi connectivity index (χ4n) is 3.35. The molecule has 1 saturated heterocycles. The molecule has 7 heteroatoms. The van der Waals surface area contributed by atoms with Gasteiger partial charge in [0.15, 0.2) is 4.34 Å². The lowest BCUT2D eigenvalue weighted by Crippen LogP contribution is -2.29. The van der Waals surface area contributed by atoms with E-state index in [1.54, 1.807) is 11.3 Å². The van der Waals surface area contributed by atoms with Crippen LogP contribution in [0.2, 0.25) is 0 Å². The van der Waals surface area contributed by atoms with Crippen LogP contribution in [0.15, 0.2) is 52.9 Å². The van der Waals surface area contributed by atoms with E-state index in [1.807, 2.05) is 53.4 Å². The molecule has 29 heavy (non-hydrogen) atoms. The van der Waals surface area contributed by atoms with E-state index in [2.05, 4.69) is 10.3 Å². The monoisotopic (exact) mass is 425 g/mol. The van der Waals surface area contributed by atoms with Gasteiger partial charge in [0.25, 0.3) is 0 Å². The minimum atomic E-state index is 0.00327. The van der Waals surface area contributed by atoms with Gasteiger partial charge in [-0.3, -0.25) is 9.59 Å². The van der Waals surface area contributed by atoms with Crippen LogP contribution in [-0.2, 0) is 16.0 Å². The number of amides is 2. The van der Waals surface area contributed by atoms with E-state index >= 15 is 0 Å². The Morgan fingerprint density at radius 3 is 2.69 bits per heavy atom. The van der Waals surface area contributed by atoms with Crippen molar-refractivity contribution in [2.24, 2.45) is 0 Å². The second-order valence-corrected chi connectivity index (χ2v) is 9.33. The third-order valence-corrected chi connectivity index (χ3v) is 7.06. The summed E-state index contributed by atoms with van der Waals surface area (Å²) in [5, 5.41) is 2.97. The summed E-state index contributed by atoms with van der Waals surface area (Å²) in [5.41, 5.74) is 2.84. The number of carbonyl (C=O) groups excluding carboxylic acids is 2. The Balaban J connectivity index is 1.32. The average molecular weight is 426 g/mol. The van der Waals surface area contributed by atoms with Crippen LogP contribution < -0.4 is 5.32 Å². The number of anilines is 1. The highest BCUT2D eigenvalue weighted by Gasteiger charge is 2.18. The van der Waals surface area contributed by atoms with E-state index in [9.17, 15) is 9.59 Å². The van der Waals surface area contributed by atoms with E-state index in [4.69, 9.17) is 0 Å². The van der Waals surface area contributed by atoms with Crippen molar-refractivity contribution in [2.45, 2.75) is 30.0 Å². The van der Waals surface area contributed by atoms with Gasteiger partial charge in [-0.15, -0.1) is 11.3 Å². The number of thioether (sulfide) groups is 1. The molecule has 3 aromatic rings. The quantitative estimate of drug-likeness (QED) is 0.563. The third kappa shape index (κ3) is 5.36. The Morgan fingerprint density at radius 2 is 1.90 bits per heavy atom. The second-order valence-electron chi connectivity index (χ2n) is 7.07. The van der Waals surface area contributed by atoms with Crippen molar-refractivity contribution in [2.75, 3.05) is 24.2 Å². The van der Waals surface area contributed by atoms with Crippen LogP contribution in [0.4, 0.5) is 5.69 Å². The van der Waals surface area contributed by atoms with E-state index in [0.717, 1.165) is 58.2 Å². The summed E-state index contributed by atoms with van der Waals surface area (Å²) in [7, 11) is 0. The van der Waals surface area contributed by atoms with Crippen LogP contribution in [0, 0.1) is 0 Å². The maximum atomic E-state index is 12.3. The molecule has 0 bridgehead atoms. The maximum absolute atomic E-state index is 12.3. The van der Waals surface area contributed by atoms with Gasteiger partial charge in [-0.2, -0.15) is 0 Å². The van der Waals surface area contributed by atoms with Crippen molar-refractivity contribution in [3.8, 4) is 0 Å². The van der Waals surface area contributed by atoms with Crippen molar-refractivity contribution >= 4 is 50.8 Å². The van der Waals surface area contributed by atoms with Crippen molar-refractivity contribution in [1.82, 2.24) is 9.88 Å². The smallest absolute Gasteiger partial charge is 0.233 e. The largest absolute Gasteiger partial charge is 0.342 e. The number of nitrogens with one attached hydrogen (secondary N) is 1. The van der Waals surface area contributed by atoms with Gasteiger partial charge in [0.1, 0.15) is 0 Å². The Bertz CT molecular complexity index is 998. The molecule has 0 spiro atoms. The van der Waals surface area contributed by atoms with Gasteiger partial charge in [-0.1, -0.05) is 42.1 Å². The number of aryl methyl sites for hydroxylation is 1. The standard InChI is InChI=1S/C22H23N3O2S2/c26-20(11-8-16-6-2-1-3-7-16)23-17-9-10-18-19(14-17)29-22(24-18)28-15-21(27)25-12-4-5-13-25/h1-3,6-7,9-10,14H,4-5,8,11-13,15H2,(H,23,26). The van der Waals surface area contributed by atoms with Crippen molar-refractivity contribution in [3.63, 3.8) is 0 Å². The molecule has 0 aliphatic carbocycles. The molecule has 2 amide bonds. The van der Waals surface area contributed by atoms with Crippen molar-refractivity contribution in [3.05, 3.63) is 54.1 Å². The van der Waals surface area contributed by atoms with Gasteiger partial charge >= 0.3 is 0 Å². The summed E-state index contributed by atoms with van der Waals surface area (Å²) < 4.78 is 1.90. The number of likely N-dealkylation sites (tertiary alicyclic amines) is 1. The lowest BCUT2D eigenvalue weighted by molar-refractivity contribution is -0.127. The SMILES string of the molecule is O=C(CCc1ccccc1)Nc1ccc2nc(SCC(=O)N3CCCC3)sc2c1. The Hall–Kier alpha value is -2.38. The molecule has 1 aliphatic heterocycles. The number of nitrogens with zero attached hydrogens (tertiary/aromatic N) is 2. The van der Waals surface area contributed by atoms with Gasteiger partial charge in [0, 0.05) is 25.2 Å². The molecule has 1 fully saturated rings. The minimum absolute atomic E-state index is 0.00327. The van der Waals surface area contributed by atoms with Crippen LogP contribution in [-0.4, -0.2) is 40.5 Å². The molecule has 1 aromatic heterocycles. The topological polar surface area (TPSA) is 62.3 Å². The first-order valence-corrected chi connectivity index (χ1v) is 11.6. The fraction of sp³-hybridized carbons (Fsp3) is 0.318. The second kappa shape index (κ2) is 9.41. The fourth-order valence-corrected chi connectivity index (χ4v) is 5.36. The zero-order valence-corrected chi connectivity index (χ0v) is 17.7. The van der Waals surface area contributed by atoms with E-state index in [-0.39, 0.29) is 11.8 Å². The molecule has 2 heterocycles. The van der Waals surface area contributed by atoms with Gasteiger partial charge in [0.05, 0.1) is 16.0 Å². The Kier molecular flexibility index (Phi) is 6.46. The van der Waals surface area contributed by atoms with E-state index in [0.29, 0.717) is 12.2 Å². The number of fused-ring (bicyclic) bond motifs is 1. The van der Waals surface area contributed by atoms with Gasteiger partial charge < -0.3 is 10.2 Å². The van der Waals surface area contributed by atoms with E-state index < -0.39 is 0 Å². The maximum Gasteiger partial charge on any atom is 0.233 e. The highest BCUT2D eigenvalue weighted by atomic mass is 32.2. The third-order valence-electron chi connectivity index (χ3n) is 4.91. The van der Waals surface area contributed by atoms with Crippen LogP contribution in [0.5, 0.6) is 0 Å². The predicted octanol–water partition coefficient (Wildman–Crippen LogP) is 4.58. The van der Waals surface area contributed by atoms with Crippen LogP contribution in [0.1, 0.15) is 24.8 Å². The molecule has 2 aromatic carbocycles. The summed E-state index contributed by atoms with van der Waals surface area (Å²) in [4.78, 5) is 31.0. The first-order valence-electron chi connectivity index (χ1n) is 9.82. The number of hydrogen-bond donors (Lipinski definition) is 1. The molecule has 4 rings (SSSR count). The van der Waals surface area contributed by atoms with Crippen molar-refractivity contribution < 1.29 is 9.59 Å². The number of benzene rings is 2. The summed E-state index contributed by atoms with van der Waals surface area (Å²) in [6.45, 7) is 1.76. The molecule has 0 saturated carbocycles. The normalized spacial score (nSPS) is 13.7. The Labute approximate surface area is 178 Å². The zero-order chi connectivity index (χ0) is 20.1. The molecule has 5 nitrogen and oxygen atoms in total. The number of thiazole rings is 1. The molecule has 0 unspecified atom stereocenters. The lowest BCUT2D eigenvalue weighted by Gasteiger charge is -2.13. The molecule has 0 radical (unpaired) electrons. The summed E-state index contributed by atoms with van der Waals surface area (Å²) in [6, 6.07) is 15.8. The molecular weight excluding hydrogens is 402 g/mol. The van der Waals surface area contributed by atoms with Crippen LogP contribution in [0.3, 0.4) is 0 Å². The Morgan fingerprint density at radius 1 is 1.10 bits per heavy atom. The molecule has 1 aliphatic rings. The van der Waals surface area contributed by atoms with Crippen LogP contribution in [0.25, 0.3) is 10.2 Å². The molecule has 0 atom stereocenters. The van der Waals surface area contributed by atoms with Gasteiger partial charge in [-0.25, -0.2) is 4.98 Å². The molecule has 150 valence electrons. The summed E-state index contributed by atoms with van der Waals surface area (Å²) in [6.07, 6.45) is 3.39.